The van der Waals surface area contributed by atoms with E-state index < -0.39 is 0 Å². The van der Waals surface area contributed by atoms with Crippen LogP contribution >= 0.6 is 0 Å². The summed E-state index contributed by atoms with van der Waals surface area (Å²) in [6, 6.07) is 0.425. The largest absolute Gasteiger partial charge is 0.355 e. The normalized spacial score (nSPS) is 12.6. The molecule has 0 unspecified atom stereocenters. The van der Waals surface area contributed by atoms with Gasteiger partial charge in [0.2, 0.25) is 5.91 Å². The van der Waals surface area contributed by atoms with Crippen LogP contribution in [0.4, 0.5) is 0 Å². The third-order valence-corrected chi connectivity index (χ3v) is 1.91. The van der Waals surface area contributed by atoms with Crippen LogP contribution in [-0.4, -0.2) is 25.5 Å². The van der Waals surface area contributed by atoms with Crippen molar-refractivity contribution in [2.24, 2.45) is 0 Å². The summed E-state index contributed by atoms with van der Waals surface area (Å²) in [5.41, 5.74) is 0. The van der Waals surface area contributed by atoms with Gasteiger partial charge in [0.05, 0.1) is 0 Å². The Bertz CT molecular complexity index is 126. The molecule has 0 rings (SSSR count). The van der Waals surface area contributed by atoms with Gasteiger partial charge in [-0.2, -0.15) is 0 Å². The molecule has 0 saturated heterocycles. The smallest absolute Gasteiger partial charge is 0.216 e. The highest BCUT2D eigenvalue weighted by Crippen LogP contribution is 1.98. The fourth-order valence-electron chi connectivity index (χ4n) is 1.07. The predicted molar refractivity (Wildman–Crippen MR) is 51.1 cm³/mol. The van der Waals surface area contributed by atoms with E-state index in [1.165, 1.54) is 12.8 Å². The van der Waals surface area contributed by atoms with Gasteiger partial charge in [0.1, 0.15) is 0 Å². The van der Waals surface area contributed by atoms with Crippen LogP contribution in [0.3, 0.4) is 0 Å². The predicted octanol–water partition coefficient (Wildman–Crippen LogP) is 0.901. The van der Waals surface area contributed by atoms with E-state index in [-0.39, 0.29) is 5.91 Å². The Kier molecular flexibility index (Phi) is 6.76. The molecule has 3 heteroatoms. The van der Waals surface area contributed by atoms with Gasteiger partial charge in [-0.1, -0.05) is 19.8 Å². The molecule has 1 atom stereocenters. The zero-order chi connectivity index (χ0) is 9.40. The third kappa shape index (κ3) is 6.16. The molecule has 2 N–H and O–H groups in total. The Morgan fingerprint density at radius 1 is 1.50 bits per heavy atom. The van der Waals surface area contributed by atoms with E-state index in [9.17, 15) is 4.79 Å². The number of likely N-dealkylation sites (N-methyl/N-ethyl adjacent to an activating group) is 1. The maximum atomic E-state index is 10.6. The van der Waals surface area contributed by atoms with Crippen LogP contribution in [0.25, 0.3) is 0 Å². The van der Waals surface area contributed by atoms with E-state index in [0.29, 0.717) is 6.04 Å². The van der Waals surface area contributed by atoms with Crippen molar-refractivity contribution in [3.63, 3.8) is 0 Å². The minimum absolute atomic E-state index is 0.0479. The molecular weight excluding hydrogens is 152 g/mol. The molecule has 12 heavy (non-hydrogen) atoms. The van der Waals surface area contributed by atoms with Crippen LogP contribution in [-0.2, 0) is 4.79 Å². The summed E-state index contributed by atoms with van der Waals surface area (Å²) in [4.78, 5) is 10.6. The zero-order valence-electron chi connectivity index (χ0n) is 8.31. The van der Waals surface area contributed by atoms with Gasteiger partial charge in [0.25, 0.3) is 0 Å². The molecule has 0 aliphatic heterocycles. The van der Waals surface area contributed by atoms with Gasteiger partial charge in [0, 0.05) is 19.5 Å². The topological polar surface area (TPSA) is 41.1 Å². The maximum Gasteiger partial charge on any atom is 0.216 e. The molecule has 0 aliphatic rings. The summed E-state index contributed by atoms with van der Waals surface area (Å²) in [6.07, 6.45) is 3.55. The van der Waals surface area contributed by atoms with Gasteiger partial charge in [-0.3, -0.25) is 4.79 Å². The molecule has 0 aromatic carbocycles. The molecule has 0 aromatic heterocycles. The first-order valence-corrected chi connectivity index (χ1v) is 4.62. The Balaban J connectivity index is 3.45. The van der Waals surface area contributed by atoms with Gasteiger partial charge in [-0.05, 0) is 13.5 Å². The molecule has 0 spiro atoms. The Morgan fingerprint density at radius 2 is 2.17 bits per heavy atom. The fourth-order valence-corrected chi connectivity index (χ4v) is 1.07. The second-order valence-corrected chi connectivity index (χ2v) is 3.06. The number of hydrogen-bond acceptors (Lipinski definition) is 2. The summed E-state index contributed by atoms with van der Waals surface area (Å²) in [5.74, 6) is 0.0479. The van der Waals surface area contributed by atoms with Crippen molar-refractivity contribution in [3.8, 4) is 0 Å². The lowest BCUT2D eigenvalue weighted by molar-refractivity contribution is -0.119. The van der Waals surface area contributed by atoms with Gasteiger partial charge < -0.3 is 10.6 Å². The van der Waals surface area contributed by atoms with Crippen molar-refractivity contribution in [2.75, 3.05) is 13.6 Å². The van der Waals surface area contributed by atoms with Crippen LogP contribution in [0.1, 0.15) is 33.1 Å². The first-order chi connectivity index (χ1) is 5.70. The number of hydrogen-bond donors (Lipinski definition) is 2. The average molecular weight is 172 g/mol. The highest BCUT2D eigenvalue weighted by Gasteiger charge is 2.04. The van der Waals surface area contributed by atoms with Gasteiger partial charge >= 0.3 is 0 Å². The Labute approximate surface area is 74.9 Å². The second kappa shape index (κ2) is 7.10. The second-order valence-electron chi connectivity index (χ2n) is 3.06. The van der Waals surface area contributed by atoms with E-state index in [1.54, 1.807) is 6.92 Å². The monoisotopic (exact) mass is 172 g/mol. The molecule has 0 aromatic rings. The van der Waals surface area contributed by atoms with Crippen molar-refractivity contribution in [1.29, 1.82) is 0 Å². The first-order valence-electron chi connectivity index (χ1n) is 4.62. The van der Waals surface area contributed by atoms with Crippen LogP contribution in [0, 0.1) is 0 Å². The van der Waals surface area contributed by atoms with Gasteiger partial charge in [-0.15, -0.1) is 0 Å². The first kappa shape index (κ1) is 11.4. The number of carbonyl (C=O) groups excluding carboxylic acids is 1. The van der Waals surface area contributed by atoms with Gasteiger partial charge in [-0.25, -0.2) is 0 Å². The number of nitrogens with one attached hydrogen (secondary N) is 2. The molecule has 0 fully saturated rings. The summed E-state index contributed by atoms with van der Waals surface area (Å²) in [6.45, 7) is 4.46. The molecule has 72 valence electrons. The van der Waals surface area contributed by atoms with Gasteiger partial charge in [0.15, 0.2) is 0 Å². The Morgan fingerprint density at radius 3 is 2.58 bits per heavy atom. The standard InChI is InChI=1S/C9H20N2O/c1-4-5-6-9(10-3)7-11-8(2)12/h9-10H,4-7H2,1-3H3,(H,11,12)/t9-/m1/s1. The number of carbonyl (C=O) groups is 1. The van der Waals surface area contributed by atoms with Crippen LogP contribution < -0.4 is 10.6 Å². The lowest BCUT2D eigenvalue weighted by Gasteiger charge is -2.15. The maximum absolute atomic E-state index is 10.6. The number of amides is 1. The number of rotatable bonds is 6. The minimum Gasteiger partial charge on any atom is -0.355 e. The van der Waals surface area contributed by atoms with Crippen molar-refractivity contribution in [2.45, 2.75) is 39.2 Å². The summed E-state index contributed by atoms with van der Waals surface area (Å²) >= 11 is 0. The van der Waals surface area contributed by atoms with Crippen molar-refractivity contribution >= 4 is 5.91 Å². The highest BCUT2D eigenvalue weighted by atomic mass is 16.1. The van der Waals surface area contributed by atoms with Crippen LogP contribution in [0.2, 0.25) is 0 Å². The molecule has 0 aliphatic carbocycles. The molecule has 1 amide bonds. The molecule has 0 bridgehead atoms. The Hall–Kier alpha value is -0.570. The van der Waals surface area contributed by atoms with E-state index in [2.05, 4.69) is 17.6 Å². The molecular formula is C9H20N2O. The van der Waals surface area contributed by atoms with Crippen molar-refractivity contribution < 1.29 is 4.79 Å². The molecule has 0 saturated carbocycles. The lowest BCUT2D eigenvalue weighted by atomic mass is 10.1. The van der Waals surface area contributed by atoms with Crippen molar-refractivity contribution in [3.05, 3.63) is 0 Å². The van der Waals surface area contributed by atoms with E-state index in [4.69, 9.17) is 0 Å². The summed E-state index contributed by atoms with van der Waals surface area (Å²) in [5, 5.41) is 5.98. The molecule has 0 radical (unpaired) electrons. The fraction of sp³-hybridized carbons (Fsp3) is 0.889. The number of unbranched alkanes of at least 4 members (excludes halogenated alkanes) is 1. The average Bonchev–Trinajstić information content (AvgIpc) is 2.05. The highest BCUT2D eigenvalue weighted by molar-refractivity contribution is 5.72. The lowest BCUT2D eigenvalue weighted by Crippen LogP contribution is -2.38. The summed E-state index contributed by atoms with van der Waals surface area (Å²) in [7, 11) is 1.93. The third-order valence-electron chi connectivity index (χ3n) is 1.91. The van der Waals surface area contributed by atoms with E-state index in [1.807, 2.05) is 7.05 Å². The molecule has 3 nitrogen and oxygen atoms in total. The minimum atomic E-state index is 0.0479. The molecule has 0 heterocycles. The van der Waals surface area contributed by atoms with Crippen molar-refractivity contribution in [1.82, 2.24) is 10.6 Å². The van der Waals surface area contributed by atoms with Crippen LogP contribution in [0.5, 0.6) is 0 Å². The van der Waals surface area contributed by atoms with Crippen LogP contribution in [0.15, 0.2) is 0 Å². The zero-order valence-corrected chi connectivity index (χ0v) is 8.31. The van der Waals surface area contributed by atoms with E-state index in [0.717, 1.165) is 13.0 Å². The SMILES string of the molecule is CCCC[C@H](CNC(C)=O)NC. The quantitative estimate of drug-likeness (QED) is 0.625. The van der Waals surface area contributed by atoms with E-state index >= 15 is 0 Å². The summed E-state index contributed by atoms with van der Waals surface area (Å²) < 4.78 is 0.